The van der Waals surface area contributed by atoms with Crippen molar-refractivity contribution in [1.29, 1.82) is 0 Å². The van der Waals surface area contributed by atoms with Gasteiger partial charge in [-0.05, 0) is 17.7 Å². The zero-order valence-corrected chi connectivity index (χ0v) is 8.21. The van der Waals surface area contributed by atoms with E-state index in [-0.39, 0.29) is 5.69 Å². The number of primary amides is 1. The number of rotatable bonds is 2. The number of carbonyl (C=O) groups is 1. The second kappa shape index (κ2) is 3.53. The minimum Gasteiger partial charge on any atom is -0.364 e. The topological polar surface area (TPSA) is 73.8 Å². The fraction of sp³-hybridized carbons (Fsp3) is 0.100. The van der Waals surface area contributed by atoms with Gasteiger partial charge in [0.1, 0.15) is 5.69 Å². The van der Waals surface area contributed by atoms with Crippen LogP contribution in [0.2, 0.25) is 0 Å². The van der Waals surface area contributed by atoms with Crippen LogP contribution in [0.5, 0.6) is 0 Å². The number of nitrogens with two attached hydrogens (primary N) is 1. The Morgan fingerprint density at radius 1 is 1.47 bits per heavy atom. The molecule has 15 heavy (non-hydrogen) atoms. The van der Waals surface area contributed by atoms with Crippen LogP contribution in [0.4, 0.5) is 0 Å². The number of aryl methyl sites for hydroxylation is 1. The summed E-state index contributed by atoms with van der Waals surface area (Å²) in [4.78, 5) is 14.8. The van der Waals surface area contributed by atoms with Gasteiger partial charge in [-0.2, -0.15) is 5.10 Å². The van der Waals surface area contributed by atoms with Gasteiger partial charge in [-0.25, -0.2) is 0 Å². The predicted octanol–water partition coefficient (Wildman–Crippen LogP) is 0.581. The van der Waals surface area contributed by atoms with E-state index in [0.717, 1.165) is 11.1 Å². The Balaban J connectivity index is 2.45. The summed E-state index contributed by atoms with van der Waals surface area (Å²) >= 11 is 0. The maximum Gasteiger partial charge on any atom is 0.267 e. The van der Waals surface area contributed by atoms with Gasteiger partial charge in [-0.15, -0.1) is 0 Å². The molecule has 1 amide bonds. The molecule has 5 heteroatoms. The van der Waals surface area contributed by atoms with Gasteiger partial charge in [0, 0.05) is 25.0 Å². The van der Waals surface area contributed by atoms with E-state index in [2.05, 4.69) is 10.1 Å². The molecule has 0 unspecified atom stereocenters. The molecule has 5 nitrogen and oxygen atoms in total. The SMILES string of the molecule is Cn1cc(-c2ccnc(C(N)=O)c2)cn1. The first-order valence-corrected chi connectivity index (χ1v) is 4.41. The molecule has 0 saturated heterocycles. The van der Waals surface area contributed by atoms with E-state index in [1.807, 2.05) is 19.3 Å². The highest BCUT2D eigenvalue weighted by molar-refractivity contribution is 5.91. The lowest BCUT2D eigenvalue weighted by atomic mass is 10.1. The number of hydrogen-bond acceptors (Lipinski definition) is 3. The minimum absolute atomic E-state index is 0.261. The van der Waals surface area contributed by atoms with Gasteiger partial charge in [-0.1, -0.05) is 0 Å². The van der Waals surface area contributed by atoms with E-state index in [9.17, 15) is 4.79 Å². The van der Waals surface area contributed by atoms with Crippen molar-refractivity contribution in [1.82, 2.24) is 14.8 Å². The molecule has 0 spiro atoms. The van der Waals surface area contributed by atoms with Crippen molar-refractivity contribution in [2.24, 2.45) is 12.8 Å². The molecule has 2 aromatic heterocycles. The minimum atomic E-state index is -0.527. The number of amides is 1. The zero-order chi connectivity index (χ0) is 10.8. The van der Waals surface area contributed by atoms with Crippen LogP contribution in [0.25, 0.3) is 11.1 Å². The van der Waals surface area contributed by atoms with E-state index in [1.54, 1.807) is 23.1 Å². The van der Waals surface area contributed by atoms with Crippen LogP contribution in [-0.4, -0.2) is 20.7 Å². The molecule has 0 fully saturated rings. The molecular weight excluding hydrogens is 192 g/mol. The summed E-state index contributed by atoms with van der Waals surface area (Å²) in [6, 6.07) is 3.46. The average molecular weight is 202 g/mol. The Bertz CT molecular complexity index is 504. The van der Waals surface area contributed by atoms with Gasteiger partial charge in [0.25, 0.3) is 5.91 Å². The predicted molar refractivity (Wildman–Crippen MR) is 55.0 cm³/mol. The quantitative estimate of drug-likeness (QED) is 0.774. The maximum atomic E-state index is 10.9. The van der Waals surface area contributed by atoms with Crippen LogP contribution in [0.1, 0.15) is 10.5 Å². The van der Waals surface area contributed by atoms with Crippen LogP contribution in [0.3, 0.4) is 0 Å². The van der Waals surface area contributed by atoms with Gasteiger partial charge >= 0.3 is 0 Å². The van der Waals surface area contributed by atoms with E-state index in [0.29, 0.717) is 0 Å². The highest BCUT2D eigenvalue weighted by atomic mass is 16.1. The second-order valence-corrected chi connectivity index (χ2v) is 3.20. The number of nitrogens with zero attached hydrogens (tertiary/aromatic N) is 3. The molecule has 76 valence electrons. The Hall–Kier alpha value is -2.17. The van der Waals surface area contributed by atoms with Crippen LogP contribution in [0.15, 0.2) is 30.7 Å². The van der Waals surface area contributed by atoms with Crippen molar-refractivity contribution in [3.05, 3.63) is 36.4 Å². The summed E-state index contributed by atoms with van der Waals surface area (Å²) in [7, 11) is 1.83. The van der Waals surface area contributed by atoms with Crippen LogP contribution in [-0.2, 0) is 7.05 Å². The summed E-state index contributed by atoms with van der Waals surface area (Å²) in [5, 5.41) is 4.05. The van der Waals surface area contributed by atoms with Crippen LogP contribution in [0, 0.1) is 0 Å². The molecule has 2 rings (SSSR count). The Morgan fingerprint density at radius 2 is 2.27 bits per heavy atom. The normalized spacial score (nSPS) is 10.2. The lowest BCUT2D eigenvalue weighted by Gasteiger charge is -1.98. The second-order valence-electron chi connectivity index (χ2n) is 3.20. The van der Waals surface area contributed by atoms with Crippen LogP contribution < -0.4 is 5.73 Å². The van der Waals surface area contributed by atoms with Crippen molar-refractivity contribution in [2.45, 2.75) is 0 Å². The molecule has 0 atom stereocenters. The third kappa shape index (κ3) is 1.85. The largest absolute Gasteiger partial charge is 0.364 e. The number of aromatic nitrogens is 3. The van der Waals surface area contributed by atoms with Gasteiger partial charge in [0.2, 0.25) is 0 Å². The molecule has 2 aromatic rings. The number of pyridine rings is 1. The summed E-state index contributed by atoms with van der Waals surface area (Å²) in [6.45, 7) is 0. The van der Waals surface area contributed by atoms with E-state index in [1.165, 1.54) is 0 Å². The van der Waals surface area contributed by atoms with Crippen molar-refractivity contribution in [2.75, 3.05) is 0 Å². The van der Waals surface area contributed by atoms with E-state index < -0.39 is 5.91 Å². The summed E-state index contributed by atoms with van der Waals surface area (Å²) in [5.41, 5.74) is 7.22. The Morgan fingerprint density at radius 3 is 2.87 bits per heavy atom. The van der Waals surface area contributed by atoms with E-state index >= 15 is 0 Å². The van der Waals surface area contributed by atoms with Crippen molar-refractivity contribution in [3.8, 4) is 11.1 Å². The Labute approximate surface area is 86.5 Å². The maximum absolute atomic E-state index is 10.9. The molecular formula is C10H10N4O. The van der Waals surface area contributed by atoms with E-state index in [4.69, 9.17) is 5.73 Å². The van der Waals surface area contributed by atoms with Gasteiger partial charge < -0.3 is 5.73 Å². The first-order valence-electron chi connectivity index (χ1n) is 4.41. The molecule has 0 aliphatic rings. The standard InChI is InChI=1S/C10H10N4O/c1-14-6-8(5-13-14)7-2-3-12-9(4-7)10(11)15/h2-6H,1H3,(H2,11,15). The monoisotopic (exact) mass is 202 g/mol. The lowest BCUT2D eigenvalue weighted by molar-refractivity contribution is 0.0995. The van der Waals surface area contributed by atoms with Crippen molar-refractivity contribution in [3.63, 3.8) is 0 Å². The fourth-order valence-electron chi connectivity index (χ4n) is 1.32. The number of hydrogen-bond donors (Lipinski definition) is 1. The molecule has 0 aliphatic heterocycles. The number of carbonyl (C=O) groups excluding carboxylic acids is 1. The van der Waals surface area contributed by atoms with Gasteiger partial charge in [-0.3, -0.25) is 14.5 Å². The molecule has 2 heterocycles. The molecule has 2 N–H and O–H groups in total. The summed E-state index contributed by atoms with van der Waals surface area (Å²) in [5.74, 6) is -0.527. The highest BCUT2D eigenvalue weighted by Gasteiger charge is 2.05. The molecule has 0 aromatic carbocycles. The van der Waals surface area contributed by atoms with Gasteiger partial charge in [0.15, 0.2) is 0 Å². The van der Waals surface area contributed by atoms with Crippen molar-refractivity contribution < 1.29 is 4.79 Å². The third-order valence-electron chi connectivity index (χ3n) is 2.05. The lowest BCUT2D eigenvalue weighted by Crippen LogP contribution is -2.12. The molecule has 0 bridgehead atoms. The molecule has 0 aliphatic carbocycles. The smallest absolute Gasteiger partial charge is 0.267 e. The first kappa shape index (κ1) is 9.39. The molecule has 0 radical (unpaired) electrons. The fourth-order valence-corrected chi connectivity index (χ4v) is 1.32. The van der Waals surface area contributed by atoms with Gasteiger partial charge in [0.05, 0.1) is 6.20 Å². The third-order valence-corrected chi connectivity index (χ3v) is 2.05. The zero-order valence-electron chi connectivity index (χ0n) is 8.21. The van der Waals surface area contributed by atoms with Crippen molar-refractivity contribution >= 4 is 5.91 Å². The first-order chi connectivity index (χ1) is 7.16. The Kier molecular flexibility index (Phi) is 2.21. The van der Waals surface area contributed by atoms with Crippen LogP contribution >= 0.6 is 0 Å². The average Bonchev–Trinajstić information content (AvgIpc) is 2.65. The summed E-state index contributed by atoms with van der Waals surface area (Å²) in [6.07, 6.45) is 5.14. The molecule has 0 saturated carbocycles. The highest BCUT2D eigenvalue weighted by Crippen LogP contribution is 2.17. The summed E-state index contributed by atoms with van der Waals surface area (Å²) < 4.78 is 1.69.